The monoisotopic (exact) mass is 345 g/mol. The Morgan fingerprint density at radius 3 is 2.81 bits per heavy atom. The predicted octanol–water partition coefficient (Wildman–Crippen LogP) is 1.34. The molecule has 5 rings (SSSR count). The van der Waals surface area contributed by atoms with Gasteiger partial charge in [-0.3, -0.25) is 4.79 Å². The van der Waals surface area contributed by atoms with Gasteiger partial charge in [0.15, 0.2) is 5.88 Å². The Labute approximate surface area is 148 Å². The van der Waals surface area contributed by atoms with E-state index in [2.05, 4.69) is 15.3 Å². The molecule has 2 aliphatic rings. The van der Waals surface area contributed by atoms with Gasteiger partial charge in [-0.05, 0) is 35.9 Å². The highest BCUT2D eigenvalue weighted by atomic mass is 16.3. The number of carbonyl (C=O) groups is 1. The van der Waals surface area contributed by atoms with Crippen LogP contribution in [0, 0.1) is 0 Å². The highest BCUT2D eigenvalue weighted by molar-refractivity contribution is 6.21. The third-order valence-corrected chi connectivity index (χ3v) is 4.98. The number of H-pyrrole nitrogens is 1. The van der Waals surface area contributed by atoms with Crippen LogP contribution in [0.3, 0.4) is 0 Å². The van der Waals surface area contributed by atoms with Crippen LogP contribution in [0.2, 0.25) is 0 Å². The maximum absolute atomic E-state index is 12.4. The second-order valence-corrected chi connectivity index (χ2v) is 6.50. The van der Waals surface area contributed by atoms with Crippen LogP contribution in [0.15, 0.2) is 53.5 Å². The molecular formula is C20H15N3O3. The first-order chi connectivity index (χ1) is 12.6. The molecule has 2 aromatic carbocycles. The van der Waals surface area contributed by atoms with Crippen molar-refractivity contribution in [3.8, 4) is 11.6 Å². The number of hydrogen-bond donors (Lipinski definition) is 4. The smallest absolute Gasteiger partial charge is 0.279 e. The van der Waals surface area contributed by atoms with E-state index in [9.17, 15) is 15.0 Å². The number of nitrogens with one attached hydrogen (secondary N) is 2. The zero-order chi connectivity index (χ0) is 17.8. The first-order valence-electron chi connectivity index (χ1n) is 8.33. The molecule has 1 amide bonds. The largest absolute Gasteiger partial charge is 0.508 e. The Bertz CT molecular complexity index is 1190. The summed E-state index contributed by atoms with van der Waals surface area (Å²) in [6.45, 7) is 0.641. The molecule has 6 heteroatoms. The molecule has 1 atom stereocenters. The second kappa shape index (κ2) is 5.23. The van der Waals surface area contributed by atoms with Gasteiger partial charge >= 0.3 is 0 Å². The number of aromatic amines is 1. The molecule has 0 bridgehead atoms. The number of para-hydroxylation sites is 1. The van der Waals surface area contributed by atoms with E-state index in [0.717, 1.165) is 22.2 Å². The summed E-state index contributed by atoms with van der Waals surface area (Å²) in [6, 6.07) is 14.3. The Morgan fingerprint density at radius 2 is 1.92 bits per heavy atom. The summed E-state index contributed by atoms with van der Waals surface area (Å²) in [5.41, 5.74) is 3.54. The van der Waals surface area contributed by atoms with Gasteiger partial charge in [0, 0.05) is 34.6 Å². The van der Waals surface area contributed by atoms with E-state index in [0.29, 0.717) is 23.0 Å². The molecule has 26 heavy (non-hydrogen) atoms. The van der Waals surface area contributed by atoms with Crippen LogP contribution in [0.25, 0.3) is 5.57 Å². The van der Waals surface area contributed by atoms with Crippen molar-refractivity contribution in [2.75, 3.05) is 11.9 Å². The lowest BCUT2D eigenvalue weighted by atomic mass is 9.96. The van der Waals surface area contributed by atoms with E-state index < -0.39 is 0 Å². The molecule has 4 N–H and O–H groups in total. The van der Waals surface area contributed by atoms with E-state index in [1.165, 1.54) is 0 Å². The fourth-order valence-electron chi connectivity index (χ4n) is 3.76. The summed E-state index contributed by atoms with van der Waals surface area (Å²) in [7, 11) is 0. The van der Waals surface area contributed by atoms with Crippen LogP contribution in [0.1, 0.15) is 22.7 Å². The van der Waals surface area contributed by atoms with Crippen molar-refractivity contribution in [1.82, 2.24) is 4.98 Å². The average molecular weight is 345 g/mol. The van der Waals surface area contributed by atoms with Gasteiger partial charge in [0.05, 0.1) is 10.9 Å². The number of aromatic nitrogens is 1. The average Bonchev–Trinajstić information content (AvgIpc) is 3.28. The molecule has 1 unspecified atom stereocenters. The Kier molecular flexibility index (Phi) is 2.97. The fourth-order valence-corrected chi connectivity index (χ4v) is 3.76. The topological polar surface area (TPSA) is 97.7 Å². The maximum Gasteiger partial charge on any atom is 0.279 e. The maximum atomic E-state index is 12.4. The number of anilines is 1. The van der Waals surface area contributed by atoms with Gasteiger partial charge in [0.1, 0.15) is 5.75 Å². The molecule has 128 valence electrons. The molecule has 0 spiro atoms. The summed E-state index contributed by atoms with van der Waals surface area (Å²) in [6.07, 6.45) is 0. The molecule has 0 fully saturated rings. The van der Waals surface area contributed by atoms with Gasteiger partial charge < -0.3 is 20.5 Å². The van der Waals surface area contributed by atoms with Crippen molar-refractivity contribution in [2.45, 2.75) is 5.92 Å². The highest BCUT2D eigenvalue weighted by Crippen LogP contribution is 2.39. The normalized spacial score (nSPS) is 17.6. The molecule has 0 saturated heterocycles. The number of hydrogen-bond acceptors (Lipinski definition) is 4. The molecule has 0 aliphatic carbocycles. The first kappa shape index (κ1) is 14.8. The van der Waals surface area contributed by atoms with Crippen molar-refractivity contribution >= 4 is 17.2 Å². The van der Waals surface area contributed by atoms with Gasteiger partial charge in [-0.25, -0.2) is 4.99 Å². The lowest BCUT2D eigenvalue weighted by Gasteiger charge is -2.08. The number of carbonyl (C=O) groups excluding carboxylic acids is 1. The molecule has 3 heterocycles. The minimum absolute atomic E-state index is 0.0520. The second-order valence-electron chi connectivity index (χ2n) is 6.50. The third-order valence-electron chi connectivity index (χ3n) is 4.98. The number of aromatic hydroxyl groups is 2. The van der Waals surface area contributed by atoms with Crippen molar-refractivity contribution < 1.29 is 15.0 Å². The number of phenols is 1. The summed E-state index contributed by atoms with van der Waals surface area (Å²) in [5.74, 6) is -0.263. The first-order valence-corrected chi connectivity index (χ1v) is 8.33. The quantitative estimate of drug-likeness (QED) is 0.527. The van der Waals surface area contributed by atoms with Crippen LogP contribution < -0.4 is 15.9 Å². The van der Waals surface area contributed by atoms with Crippen molar-refractivity contribution in [3.63, 3.8) is 0 Å². The van der Waals surface area contributed by atoms with E-state index >= 15 is 0 Å². The van der Waals surface area contributed by atoms with Crippen LogP contribution in [0.4, 0.5) is 5.69 Å². The molecule has 0 radical (unpaired) electrons. The van der Waals surface area contributed by atoms with Gasteiger partial charge in [0.2, 0.25) is 0 Å². The minimum atomic E-state index is -0.352. The zero-order valence-corrected chi connectivity index (χ0v) is 13.7. The van der Waals surface area contributed by atoms with E-state index in [1.807, 2.05) is 24.3 Å². The predicted molar refractivity (Wildman–Crippen MR) is 95.6 cm³/mol. The number of amides is 1. The van der Waals surface area contributed by atoms with Crippen LogP contribution in [-0.2, 0) is 4.79 Å². The molecule has 0 saturated carbocycles. The highest BCUT2D eigenvalue weighted by Gasteiger charge is 2.29. The standard InChI is InChI=1S/C20H15N3O3/c24-10-5-6-15-12(7-10)14(9-21-15)17-8-13(19(25)23-17)18-11-3-1-2-4-16(11)22-20(18)26/h1-8,14,21,23-25H,9H2. The lowest BCUT2D eigenvalue weighted by Crippen LogP contribution is -2.22. The summed E-state index contributed by atoms with van der Waals surface area (Å²) in [5, 5.41) is 24.9. The summed E-state index contributed by atoms with van der Waals surface area (Å²) >= 11 is 0. The van der Waals surface area contributed by atoms with E-state index in [4.69, 9.17) is 0 Å². The Balaban J connectivity index is 1.65. The molecular weight excluding hydrogens is 330 g/mol. The summed E-state index contributed by atoms with van der Waals surface area (Å²) in [4.78, 5) is 19.4. The number of phenolic OH excluding ortho intramolecular Hbond substituents is 1. The van der Waals surface area contributed by atoms with Gasteiger partial charge in [-0.1, -0.05) is 18.2 Å². The Hall–Kier alpha value is -3.54. The number of rotatable bonds is 2. The number of nitrogens with zero attached hydrogens (tertiary/aromatic N) is 1. The van der Waals surface area contributed by atoms with E-state index in [-0.39, 0.29) is 23.5 Å². The van der Waals surface area contributed by atoms with Gasteiger partial charge in [0.25, 0.3) is 5.91 Å². The lowest BCUT2D eigenvalue weighted by molar-refractivity contribution is -0.112. The fraction of sp³-hybridized carbons (Fsp3) is 0.100. The van der Waals surface area contributed by atoms with Gasteiger partial charge in [-0.2, -0.15) is 0 Å². The third kappa shape index (κ3) is 2.05. The molecule has 1 aromatic heterocycles. The number of fused-ring (bicyclic) bond motifs is 2. The van der Waals surface area contributed by atoms with Crippen LogP contribution in [-0.4, -0.2) is 27.6 Å². The Morgan fingerprint density at radius 1 is 1.08 bits per heavy atom. The van der Waals surface area contributed by atoms with Gasteiger partial charge in [-0.15, -0.1) is 0 Å². The van der Waals surface area contributed by atoms with E-state index in [1.54, 1.807) is 24.3 Å². The van der Waals surface area contributed by atoms with Crippen molar-refractivity contribution in [1.29, 1.82) is 0 Å². The van der Waals surface area contributed by atoms with Crippen LogP contribution in [0.5, 0.6) is 11.6 Å². The molecule has 2 aliphatic heterocycles. The van der Waals surface area contributed by atoms with Crippen molar-refractivity contribution in [3.05, 3.63) is 75.9 Å². The SMILES string of the molecule is O=C1N=c2ccccc2=C1c1cc(C2CNc3ccc(O)cc32)[nH]c1O. The van der Waals surface area contributed by atoms with Crippen molar-refractivity contribution in [2.24, 2.45) is 4.99 Å². The minimum Gasteiger partial charge on any atom is -0.508 e. The van der Waals surface area contributed by atoms with Crippen LogP contribution >= 0.6 is 0 Å². The molecule has 3 aromatic rings. The summed E-state index contributed by atoms with van der Waals surface area (Å²) < 4.78 is 0. The molecule has 6 nitrogen and oxygen atoms in total. The zero-order valence-electron chi connectivity index (χ0n) is 13.7. The number of benzene rings is 2.